The van der Waals surface area contributed by atoms with E-state index in [1.54, 1.807) is 20.0 Å². The second kappa shape index (κ2) is 5.28. The fourth-order valence-electron chi connectivity index (χ4n) is 2.19. The number of carboxylic acids is 1. The molecule has 1 heterocycles. The number of nitrogens with zero attached hydrogens (tertiary/aromatic N) is 2. The van der Waals surface area contributed by atoms with Gasteiger partial charge in [0.25, 0.3) is 0 Å². The number of halogens is 1. The summed E-state index contributed by atoms with van der Waals surface area (Å²) in [7, 11) is 1.71. The van der Waals surface area contributed by atoms with Gasteiger partial charge in [0.15, 0.2) is 0 Å². The van der Waals surface area contributed by atoms with Crippen molar-refractivity contribution in [3.8, 4) is 0 Å². The second-order valence-electron chi connectivity index (χ2n) is 4.98. The molecule has 1 fully saturated rings. The molecule has 0 aliphatic heterocycles. The lowest BCUT2D eigenvalue weighted by Gasteiger charge is -2.37. The van der Waals surface area contributed by atoms with E-state index in [1.165, 1.54) is 10.8 Å². The normalized spacial score (nSPS) is 16.9. The van der Waals surface area contributed by atoms with Crippen LogP contribution in [-0.4, -0.2) is 32.3 Å². The van der Waals surface area contributed by atoms with Crippen molar-refractivity contribution in [2.24, 2.45) is 7.05 Å². The highest BCUT2D eigenvalue weighted by Gasteiger charge is 2.45. The first-order valence-corrected chi connectivity index (χ1v) is 6.66. The lowest BCUT2D eigenvalue weighted by molar-refractivity contribution is -0.151. The third kappa shape index (κ3) is 2.56. The molecule has 2 N–H and O–H groups in total. The lowest BCUT2D eigenvalue weighted by atomic mass is 9.77. The van der Waals surface area contributed by atoms with E-state index in [4.69, 9.17) is 16.7 Å². The van der Waals surface area contributed by atoms with E-state index in [-0.39, 0.29) is 0 Å². The molecule has 7 heteroatoms. The Kier molecular flexibility index (Phi) is 3.85. The fraction of sp³-hybridized carbons (Fsp3) is 0.462. The zero-order valence-electron chi connectivity index (χ0n) is 11.3. The standard InChI is InChI=1S/C13H16ClN3O3/c1-8-9(11(14)17(2)16-8)4-5-10(18)15-13(12(19)20)6-3-7-13/h4-5H,3,6-7H2,1-2H3,(H,15,18)(H,19,20)/b5-4+. The molecular weight excluding hydrogens is 282 g/mol. The molecular formula is C13H16ClN3O3. The first-order chi connectivity index (χ1) is 9.35. The summed E-state index contributed by atoms with van der Waals surface area (Å²) < 4.78 is 1.51. The van der Waals surface area contributed by atoms with Crippen molar-refractivity contribution in [2.45, 2.75) is 31.7 Å². The van der Waals surface area contributed by atoms with Gasteiger partial charge < -0.3 is 10.4 Å². The Hall–Kier alpha value is -1.82. The van der Waals surface area contributed by atoms with Crippen molar-refractivity contribution in [3.63, 3.8) is 0 Å². The molecule has 0 aromatic carbocycles. The number of aliphatic carboxylic acids is 1. The van der Waals surface area contributed by atoms with E-state index in [0.29, 0.717) is 29.3 Å². The number of rotatable bonds is 4. The smallest absolute Gasteiger partial charge is 0.329 e. The summed E-state index contributed by atoms with van der Waals surface area (Å²) in [5.74, 6) is -1.42. The van der Waals surface area contributed by atoms with Gasteiger partial charge in [0, 0.05) is 18.7 Å². The first kappa shape index (κ1) is 14.6. The van der Waals surface area contributed by atoms with Crippen molar-refractivity contribution in [2.75, 3.05) is 0 Å². The third-order valence-corrected chi connectivity index (χ3v) is 4.02. The van der Waals surface area contributed by atoms with Crippen LogP contribution in [0.25, 0.3) is 6.08 Å². The maximum atomic E-state index is 11.8. The summed E-state index contributed by atoms with van der Waals surface area (Å²) in [4.78, 5) is 23.0. The Bertz CT molecular complexity index is 588. The predicted octanol–water partition coefficient (Wildman–Crippen LogP) is 1.52. The molecule has 2 rings (SSSR count). The number of carbonyl (C=O) groups is 2. The number of carboxylic acid groups (broad SMARTS) is 1. The largest absolute Gasteiger partial charge is 0.480 e. The van der Waals surface area contributed by atoms with Crippen LogP contribution in [0.2, 0.25) is 5.15 Å². The van der Waals surface area contributed by atoms with Crippen LogP contribution < -0.4 is 5.32 Å². The maximum absolute atomic E-state index is 11.8. The average molecular weight is 298 g/mol. The van der Waals surface area contributed by atoms with Gasteiger partial charge in [-0.1, -0.05) is 11.6 Å². The molecule has 1 amide bonds. The summed E-state index contributed by atoms with van der Waals surface area (Å²) in [5, 5.41) is 16.2. The Morgan fingerprint density at radius 3 is 2.55 bits per heavy atom. The minimum absolute atomic E-state index is 0.433. The van der Waals surface area contributed by atoms with Crippen LogP contribution in [-0.2, 0) is 16.6 Å². The summed E-state index contributed by atoms with van der Waals surface area (Å²) in [6.45, 7) is 1.79. The number of nitrogens with one attached hydrogen (secondary N) is 1. The predicted molar refractivity (Wildman–Crippen MR) is 74.3 cm³/mol. The number of aryl methyl sites for hydroxylation is 2. The van der Waals surface area contributed by atoms with E-state index in [1.807, 2.05) is 0 Å². The summed E-state index contributed by atoms with van der Waals surface area (Å²) >= 11 is 6.04. The van der Waals surface area contributed by atoms with Gasteiger partial charge in [-0.05, 0) is 32.3 Å². The van der Waals surface area contributed by atoms with E-state index in [0.717, 1.165) is 6.42 Å². The highest BCUT2D eigenvalue weighted by molar-refractivity contribution is 6.31. The van der Waals surface area contributed by atoms with Gasteiger partial charge in [0.1, 0.15) is 10.7 Å². The SMILES string of the molecule is Cc1nn(C)c(Cl)c1/C=C/C(=O)NC1(C(=O)O)CCC1. The van der Waals surface area contributed by atoms with Crippen molar-refractivity contribution < 1.29 is 14.7 Å². The minimum Gasteiger partial charge on any atom is -0.480 e. The summed E-state index contributed by atoms with van der Waals surface area (Å²) in [6, 6.07) is 0. The van der Waals surface area contributed by atoms with Crippen molar-refractivity contribution in [1.29, 1.82) is 0 Å². The molecule has 0 saturated heterocycles. The molecule has 1 aliphatic carbocycles. The van der Waals surface area contributed by atoms with Crippen LogP contribution in [0.4, 0.5) is 0 Å². The zero-order chi connectivity index (χ0) is 14.9. The summed E-state index contributed by atoms with van der Waals surface area (Å²) in [6.07, 6.45) is 4.58. The van der Waals surface area contributed by atoms with Gasteiger partial charge in [-0.2, -0.15) is 5.10 Å². The minimum atomic E-state index is -1.10. The molecule has 1 saturated carbocycles. The van der Waals surface area contributed by atoms with Crippen molar-refractivity contribution >= 4 is 29.6 Å². The Balaban J connectivity index is 2.08. The van der Waals surface area contributed by atoms with Gasteiger partial charge in [0.2, 0.25) is 5.91 Å². The van der Waals surface area contributed by atoms with Crippen molar-refractivity contribution in [1.82, 2.24) is 15.1 Å². The van der Waals surface area contributed by atoms with Gasteiger partial charge in [-0.3, -0.25) is 9.48 Å². The van der Waals surface area contributed by atoms with Crippen LogP contribution in [0.3, 0.4) is 0 Å². The molecule has 108 valence electrons. The van der Waals surface area contributed by atoms with Crippen LogP contribution in [0.5, 0.6) is 0 Å². The van der Waals surface area contributed by atoms with E-state index < -0.39 is 17.4 Å². The van der Waals surface area contributed by atoms with E-state index in [9.17, 15) is 9.59 Å². The van der Waals surface area contributed by atoms with Crippen molar-refractivity contribution in [3.05, 3.63) is 22.5 Å². The molecule has 1 aromatic rings. The van der Waals surface area contributed by atoms with Gasteiger partial charge >= 0.3 is 5.97 Å². The Morgan fingerprint density at radius 2 is 2.15 bits per heavy atom. The number of amides is 1. The zero-order valence-corrected chi connectivity index (χ0v) is 12.1. The maximum Gasteiger partial charge on any atom is 0.329 e. The van der Waals surface area contributed by atoms with Crippen LogP contribution >= 0.6 is 11.6 Å². The third-order valence-electron chi connectivity index (χ3n) is 3.58. The van der Waals surface area contributed by atoms with Gasteiger partial charge in [0.05, 0.1) is 5.69 Å². The highest BCUT2D eigenvalue weighted by Crippen LogP contribution is 2.32. The average Bonchev–Trinajstić information content (AvgIpc) is 2.55. The number of hydrogen-bond acceptors (Lipinski definition) is 3. The molecule has 0 unspecified atom stereocenters. The molecule has 20 heavy (non-hydrogen) atoms. The second-order valence-corrected chi connectivity index (χ2v) is 5.33. The molecule has 0 spiro atoms. The quantitative estimate of drug-likeness (QED) is 0.825. The van der Waals surface area contributed by atoms with E-state index >= 15 is 0 Å². The van der Waals surface area contributed by atoms with Gasteiger partial charge in [-0.15, -0.1) is 0 Å². The molecule has 0 atom stereocenters. The highest BCUT2D eigenvalue weighted by atomic mass is 35.5. The molecule has 1 aromatic heterocycles. The summed E-state index contributed by atoms with van der Waals surface area (Å²) in [5.41, 5.74) is 0.260. The lowest BCUT2D eigenvalue weighted by Crippen LogP contribution is -2.58. The van der Waals surface area contributed by atoms with Crippen LogP contribution in [0.1, 0.15) is 30.5 Å². The molecule has 1 aliphatic rings. The van der Waals surface area contributed by atoms with Crippen LogP contribution in [0, 0.1) is 6.92 Å². The fourth-order valence-corrected chi connectivity index (χ4v) is 2.43. The molecule has 0 bridgehead atoms. The molecule has 0 radical (unpaired) electrons. The number of carbonyl (C=O) groups excluding carboxylic acids is 1. The van der Waals surface area contributed by atoms with Crippen LogP contribution in [0.15, 0.2) is 6.08 Å². The first-order valence-electron chi connectivity index (χ1n) is 6.28. The Labute approximate surface area is 121 Å². The number of hydrogen-bond donors (Lipinski definition) is 2. The van der Waals surface area contributed by atoms with E-state index in [2.05, 4.69) is 10.4 Å². The topological polar surface area (TPSA) is 84.2 Å². The Morgan fingerprint density at radius 1 is 1.50 bits per heavy atom. The number of aromatic nitrogens is 2. The molecule has 6 nitrogen and oxygen atoms in total. The monoisotopic (exact) mass is 297 g/mol. The van der Waals surface area contributed by atoms with Gasteiger partial charge in [-0.25, -0.2) is 4.79 Å².